The van der Waals surface area contributed by atoms with Crippen molar-refractivity contribution in [3.63, 3.8) is 0 Å². The predicted octanol–water partition coefficient (Wildman–Crippen LogP) is 2.89. The second kappa shape index (κ2) is 8.55. The van der Waals surface area contributed by atoms with Gasteiger partial charge >= 0.3 is 6.03 Å². The summed E-state index contributed by atoms with van der Waals surface area (Å²) in [6.45, 7) is 0.999. The molecule has 7 nitrogen and oxygen atoms in total. The third-order valence-electron chi connectivity index (χ3n) is 5.88. The number of methoxy groups -OCH3 is 1. The molecule has 1 spiro atoms. The van der Waals surface area contributed by atoms with Crippen molar-refractivity contribution in [2.24, 2.45) is 0 Å². The highest BCUT2D eigenvalue weighted by Gasteiger charge is 2.54. The monoisotopic (exact) mass is 427 g/mol. The van der Waals surface area contributed by atoms with Gasteiger partial charge in [0.05, 0.1) is 13.8 Å². The first-order chi connectivity index (χ1) is 14.9. The lowest BCUT2D eigenvalue weighted by molar-refractivity contribution is -0.133. The Labute approximate surface area is 180 Å². The number of benzene rings is 2. The Kier molecular flexibility index (Phi) is 5.82. The molecule has 1 atom stereocenters. The van der Waals surface area contributed by atoms with Crippen LogP contribution in [0.4, 0.5) is 9.18 Å². The Hall–Kier alpha value is -3.13. The van der Waals surface area contributed by atoms with Crippen LogP contribution >= 0.6 is 0 Å². The summed E-state index contributed by atoms with van der Waals surface area (Å²) in [4.78, 5) is 29.2. The maximum absolute atomic E-state index is 13.4. The number of aryl methyl sites for hydroxylation is 1. The Bertz CT molecular complexity index is 981. The highest BCUT2D eigenvalue weighted by molar-refractivity contribution is 6.07. The van der Waals surface area contributed by atoms with Crippen molar-refractivity contribution in [2.45, 2.75) is 24.8 Å². The lowest BCUT2D eigenvalue weighted by Gasteiger charge is -2.33. The van der Waals surface area contributed by atoms with Crippen molar-refractivity contribution >= 4 is 11.9 Å². The van der Waals surface area contributed by atoms with Gasteiger partial charge in [0.2, 0.25) is 0 Å². The minimum Gasteiger partial charge on any atom is -0.497 e. The number of fused-ring (bicyclic) bond motifs is 2. The molecule has 2 aliphatic rings. The van der Waals surface area contributed by atoms with Crippen LogP contribution in [0.2, 0.25) is 0 Å². The van der Waals surface area contributed by atoms with Crippen molar-refractivity contribution in [3.05, 3.63) is 59.4 Å². The van der Waals surface area contributed by atoms with Crippen LogP contribution in [0.15, 0.2) is 42.5 Å². The number of likely N-dealkylation sites (N-methyl/N-ethyl adjacent to an activating group) is 1. The predicted molar refractivity (Wildman–Crippen MR) is 112 cm³/mol. The van der Waals surface area contributed by atoms with Crippen molar-refractivity contribution in [1.29, 1.82) is 0 Å². The number of urea groups is 1. The molecule has 1 aliphatic heterocycles. The molecule has 164 valence electrons. The number of carbonyl (C=O) groups is 2. The topological polar surface area (TPSA) is 71.1 Å². The maximum atomic E-state index is 13.4. The van der Waals surface area contributed by atoms with Crippen molar-refractivity contribution in [1.82, 2.24) is 15.1 Å². The summed E-state index contributed by atoms with van der Waals surface area (Å²) < 4.78 is 23.9. The number of nitrogens with one attached hydrogen (secondary N) is 1. The SMILES string of the molecule is COc1ccc2c(c1)CCC[C@]21NC(=O)N(CN(C)CCOc2ccc(F)cc2)C1=O. The molecule has 1 fully saturated rings. The van der Waals surface area contributed by atoms with E-state index >= 15 is 0 Å². The lowest BCUT2D eigenvalue weighted by atomic mass is 9.76. The largest absolute Gasteiger partial charge is 0.497 e. The molecule has 2 aromatic rings. The van der Waals surface area contributed by atoms with E-state index in [0.717, 1.165) is 29.7 Å². The summed E-state index contributed by atoms with van der Waals surface area (Å²) >= 11 is 0. The number of amides is 3. The van der Waals surface area contributed by atoms with Gasteiger partial charge < -0.3 is 14.8 Å². The zero-order valence-electron chi connectivity index (χ0n) is 17.7. The fourth-order valence-electron chi connectivity index (χ4n) is 4.27. The standard InChI is InChI=1S/C23H26FN3O4/c1-26(12-13-31-18-7-5-17(24)6-8-18)15-27-21(28)23(25-22(27)29)11-3-4-16-14-19(30-2)9-10-20(16)23/h5-10,14H,3-4,11-13,15H2,1-2H3,(H,25,29)/t23-/m0/s1. The van der Waals surface area contributed by atoms with Gasteiger partial charge in [-0.1, -0.05) is 6.07 Å². The van der Waals surface area contributed by atoms with Gasteiger partial charge in [0.15, 0.2) is 0 Å². The molecule has 1 aliphatic carbocycles. The first-order valence-electron chi connectivity index (χ1n) is 10.3. The van der Waals surface area contributed by atoms with Crippen molar-refractivity contribution in [2.75, 3.05) is 34.0 Å². The van der Waals surface area contributed by atoms with Crippen molar-refractivity contribution in [3.8, 4) is 11.5 Å². The van der Waals surface area contributed by atoms with E-state index in [1.54, 1.807) is 19.2 Å². The van der Waals surface area contributed by atoms with E-state index in [9.17, 15) is 14.0 Å². The fraction of sp³-hybridized carbons (Fsp3) is 0.391. The number of carbonyl (C=O) groups excluding carboxylic acids is 2. The molecule has 3 amide bonds. The number of hydrogen-bond donors (Lipinski definition) is 1. The van der Waals surface area contributed by atoms with E-state index in [4.69, 9.17) is 9.47 Å². The molecule has 1 heterocycles. The molecule has 0 saturated carbocycles. The zero-order chi connectivity index (χ0) is 22.0. The second-order valence-electron chi connectivity index (χ2n) is 7.97. The van der Waals surface area contributed by atoms with Gasteiger partial charge in [-0.05, 0) is 73.8 Å². The summed E-state index contributed by atoms with van der Waals surface area (Å²) in [7, 11) is 3.43. The number of imide groups is 1. The summed E-state index contributed by atoms with van der Waals surface area (Å²) in [6, 6.07) is 11.1. The van der Waals surface area contributed by atoms with Crippen LogP contribution in [-0.4, -0.2) is 55.7 Å². The average Bonchev–Trinajstić information content (AvgIpc) is 2.99. The third-order valence-corrected chi connectivity index (χ3v) is 5.88. The lowest BCUT2D eigenvalue weighted by Crippen LogP contribution is -2.47. The van der Waals surface area contributed by atoms with E-state index in [0.29, 0.717) is 25.3 Å². The van der Waals surface area contributed by atoms with Crippen LogP contribution in [-0.2, 0) is 16.8 Å². The molecular formula is C23H26FN3O4. The molecule has 1 N–H and O–H groups in total. The summed E-state index contributed by atoms with van der Waals surface area (Å²) in [5.41, 5.74) is 0.868. The zero-order valence-corrected chi connectivity index (χ0v) is 17.7. The summed E-state index contributed by atoms with van der Waals surface area (Å²) in [5.74, 6) is 0.762. The van der Waals surface area contributed by atoms with Crippen LogP contribution in [0.3, 0.4) is 0 Å². The van der Waals surface area contributed by atoms with Gasteiger partial charge in [0.1, 0.15) is 29.5 Å². The van der Waals surface area contributed by atoms with Crippen LogP contribution in [0.1, 0.15) is 24.0 Å². The Morgan fingerprint density at radius 1 is 1.16 bits per heavy atom. The summed E-state index contributed by atoms with van der Waals surface area (Å²) in [5, 5.41) is 2.96. The Morgan fingerprint density at radius 2 is 1.90 bits per heavy atom. The van der Waals surface area contributed by atoms with E-state index in [-0.39, 0.29) is 24.4 Å². The minimum atomic E-state index is -1.01. The molecule has 0 aromatic heterocycles. The number of rotatable bonds is 7. The molecule has 0 radical (unpaired) electrons. The highest BCUT2D eigenvalue weighted by atomic mass is 19.1. The summed E-state index contributed by atoms with van der Waals surface area (Å²) in [6.07, 6.45) is 2.23. The van der Waals surface area contributed by atoms with E-state index in [1.165, 1.54) is 17.0 Å². The number of hydrogen-bond acceptors (Lipinski definition) is 5. The molecule has 4 rings (SSSR count). The van der Waals surface area contributed by atoms with Gasteiger partial charge in [0.25, 0.3) is 5.91 Å². The van der Waals surface area contributed by atoms with Gasteiger partial charge in [-0.15, -0.1) is 0 Å². The molecule has 8 heteroatoms. The molecule has 0 bridgehead atoms. The van der Waals surface area contributed by atoms with E-state index in [2.05, 4.69) is 5.32 Å². The number of ether oxygens (including phenoxy) is 2. The van der Waals surface area contributed by atoms with Gasteiger partial charge in [-0.25, -0.2) is 14.1 Å². The third kappa shape index (κ3) is 4.07. The number of nitrogens with zero attached hydrogens (tertiary/aromatic N) is 2. The number of halogens is 1. The van der Waals surface area contributed by atoms with Crippen LogP contribution in [0, 0.1) is 5.82 Å². The van der Waals surface area contributed by atoms with Gasteiger partial charge in [-0.2, -0.15) is 0 Å². The van der Waals surface area contributed by atoms with Gasteiger partial charge in [0, 0.05) is 6.54 Å². The van der Waals surface area contributed by atoms with Crippen molar-refractivity contribution < 1.29 is 23.5 Å². The molecule has 31 heavy (non-hydrogen) atoms. The average molecular weight is 427 g/mol. The Morgan fingerprint density at radius 3 is 2.65 bits per heavy atom. The minimum absolute atomic E-state index is 0.157. The van der Waals surface area contributed by atoms with Gasteiger partial charge in [-0.3, -0.25) is 9.69 Å². The smallest absolute Gasteiger partial charge is 0.326 e. The van der Waals surface area contributed by atoms with E-state index in [1.807, 2.05) is 30.1 Å². The molecule has 1 saturated heterocycles. The highest BCUT2D eigenvalue weighted by Crippen LogP contribution is 2.41. The molecule has 0 unspecified atom stereocenters. The normalized spacial score (nSPS) is 20.2. The van der Waals surface area contributed by atoms with Crippen LogP contribution < -0.4 is 14.8 Å². The Balaban J connectivity index is 1.41. The quantitative estimate of drug-likeness (QED) is 0.688. The maximum Gasteiger partial charge on any atom is 0.326 e. The van der Waals surface area contributed by atoms with Crippen LogP contribution in [0.5, 0.6) is 11.5 Å². The fourth-order valence-corrected chi connectivity index (χ4v) is 4.27. The van der Waals surface area contributed by atoms with Crippen LogP contribution in [0.25, 0.3) is 0 Å². The second-order valence-corrected chi connectivity index (χ2v) is 7.97. The first kappa shape index (κ1) is 21.1. The molecule has 2 aromatic carbocycles. The first-order valence-corrected chi connectivity index (χ1v) is 10.3. The molecular weight excluding hydrogens is 401 g/mol. The van der Waals surface area contributed by atoms with E-state index < -0.39 is 5.54 Å².